The first kappa shape index (κ1) is 21.0. The van der Waals surface area contributed by atoms with Gasteiger partial charge in [0.15, 0.2) is 0 Å². The maximum Gasteiger partial charge on any atom is 0.373 e. The molecule has 7 nitrogen and oxygen atoms in total. The lowest BCUT2D eigenvalue weighted by atomic mass is 10.1. The van der Waals surface area contributed by atoms with Gasteiger partial charge in [0, 0.05) is 18.7 Å². The number of carbonyl (C=O) groups is 1. The smallest absolute Gasteiger partial charge is 0.373 e. The van der Waals surface area contributed by atoms with E-state index in [0.717, 1.165) is 32.4 Å². The SMILES string of the molecule is CCCN(C1CCNCC1)S(=O)(=O)c1cc(C(=O)OC)oc1C.Cl. The Hall–Kier alpha value is -1.09. The highest BCUT2D eigenvalue weighted by Gasteiger charge is 2.35. The van der Waals surface area contributed by atoms with Gasteiger partial charge >= 0.3 is 5.97 Å². The Balaban J connectivity index is 0.00000288. The second-order valence-electron chi connectivity index (χ2n) is 5.62. The molecule has 2 rings (SSSR count). The number of esters is 1. The van der Waals surface area contributed by atoms with Crippen LogP contribution in [0.3, 0.4) is 0 Å². The Kier molecular flexibility index (Phi) is 7.72. The van der Waals surface area contributed by atoms with Gasteiger partial charge in [-0.1, -0.05) is 6.92 Å². The fourth-order valence-corrected chi connectivity index (χ4v) is 4.80. The van der Waals surface area contributed by atoms with Crippen LogP contribution >= 0.6 is 12.4 Å². The summed E-state index contributed by atoms with van der Waals surface area (Å²) in [6, 6.07) is 1.23. The van der Waals surface area contributed by atoms with Gasteiger partial charge in [-0.25, -0.2) is 13.2 Å². The number of methoxy groups -OCH3 is 1. The molecule has 1 aromatic rings. The van der Waals surface area contributed by atoms with E-state index in [-0.39, 0.29) is 34.9 Å². The molecule has 0 amide bonds. The molecular formula is C15H25ClN2O5S. The minimum Gasteiger partial charge on any atom is -0.463 e. The van der Waals surface area contributed by atoms with Crippen molar-refractivity contribution in [3.05, 3.63) is 17.6 Å². The van der Waals surface area contributed by atoms with E-state index in [4.69, 9.17) is 4.42 Å². The van der Waals surface area contributed by atoms with Gasteiger partial charge in [-0.3, -0.25) is 0 Å². The molecule has 0 unspecified atom stereocenters. The number of ether oxygens (including phenoxy) is 1. The van der Waals surface area contributed by atoms with Crippen LogP contribution in [0.4, 0.5) is 0 Å². The number of aryl methyl sites for hydroxylation is 1. The van der Waals surface area contributed by atoms with Gasteiger partial charge in [-0.05, 0) is 39.3 Å². The van der Waals surface area contributed by atoms with Crippen molar-refractivity contribution in [2.75, 3.05) is 26.7 Å². The van der Waals surface area contributed by atoms with Crippen LogP contribution < -0.4 is 5.32 Å². The summed E-state index contributed by atoms with van der Waals surface area (Å²) in [6.45, 7) is 5.55. The Morgan fingerprint density at radius 3 is 2.58 bits per heavy atom. The molecule has 0 radical (unpaired) electrons. The number of hydrogen-bond acceptors (Lipinski definition) is 6. The highest BCUT2D eigenvalue weighted by Crippen LogP contribution is 2.27. The molecule has 24 heavy (non-hydrogen) atoms. The van der Waals surface area contributed by atoms with Gasteiger partial charge in [0.25, 0.3) is 0 Å². The van der Waals surface area contributed by atoms with Crippen LogP contribution in [0.5, 0.6) is 0 Å². The summed E-state index contributed by atoms with van der Waals surface area (Å²) in [4.78, 5) is 11.6. The molecule has 1 fully saturated rings. The number of nitrogens with one attached hydrogen (secondary N) is 1. The normalized spacial score (nSPS) is 16.0. The molecule has 2 heterocycles. The third-order valence-electron chi connectivity index (χ3n) is 4.01. The summed E-state index contributed by atoms with van der Waals surface area (Å²) in [5.41, 5.74) is 0. The fourth-order valence-electron chi connectivity index (χ4n) is 2.86. The van der Waals surface area contributed by atoms with Crippen LogP contribution in [0.25, 0.3) is 0 Å². The fraction of sp³-hybridized carbons (Fsp3) is 0.667. The number of rotatable bonds is 6. The highest BCUT2D eigenvalue weighted by atomic mass is 35.5. The monoisotopic (exact) mass is 380 g/mol. The Labute approximate surface area is 149 Å². The molecule has 0 saturated carbocycles. The average Bonchev–Trinajstić information content (AvgIpc) is 2.95. The molecule has 1 N–H and O–H groups in total. The first-order chi connectivity index (χ1) is 10.9. The number of halogens is 1. The summed E-state index contributed by atoms with van der Waals surface area (Å²) >= 11 is 0. The maximum absolute atomic E-state index is 13.1. The minimum atomic E-state index is -3.71. The number of hydrogen-bond donors (Lipinski definition) is 1. The molecule has 1 saturated heterocycles. The van der Waals surface area contributed by atoms with E-state index >= 15 is 0 Å². The number of sulfonamides is 1. The molecule has 0 atom stereocenters. The first-order valence-corrected chi connectivity index (χ1v) is 9.27. The van der Waals surface area contributed by atoms with Crippen LogP contribution in [0.1, 0.15) is 42.5 Å². The molecule has 1 aromatic heterocycles. The van der Waals surface area contributed by atoms with E-state index in [0.29, 0.717) is 6.54 Å². The number of piperidine rings is 1. The zero-order valence-electron chi connectivity index (χ0n) is 14.2. The lowest BCUT2D eigenvalue weighted by molar-refractivity contribution is 0.0563. The molecule has 1 aliphatic rings. The highest BCUT2D eigenvalue weighted by molar-refractivity contribution is 7.89. The maximum atomic E-state index is 13.1. The Morgan fingerprint density at radius 1 is 1.42 bits per heavy atom. The van der Waals surface area contributed by atoms with Crippen molar-refractivity contribution in [3.63, 3.8) is 0 Å². The lowest BCUT2D eigenvalue weighted by Crippen LogP contribution is -2.46. The van der Waals surface area contributed by atoms with Crippen molar-refractivity contribution in [1.29, 1.82) is 0 Å². The lowest BCUT2D eigenvalue weighted by Gasteiger charge is -2.33. The second kappa shape index (κ2) is 8.84. The van der Waals surface area contributed by atoms with Crippen LogP contribution in [0.2, 0.25) is 0 Å². The van der Waals surface area contributed by atoms with Crippen LogP contribution in [-0.2, 0) is 14.8 Å². The zero-order chi connectivity index (χ0) is 17.0. The van der Waals surface area contributed by atoms with Crippen molar-refractivity contribution < 1.29 is 22.4 Å². The molecule has 1 aliphatic heterocycles. The van der Waals surface area contributed by atoms with Gasteiger partial charge in [0.2, 0.25) is 15.8 Å². The van der Waals surface area contributed by atoms with Crippen molar-refractivity contribution in [1.82, 2.24) is 9.62 Å². The summed E-state index contributed by atoms with van der Waals surface area (Å²) in [5.74, 6) is -0.566. The molecule has 0 aliphatic carbocycles. The second-order valence-corrected chi connectivity index (χ2v) is 7.48. The van der Waals surface area contributed by atoms with Crippen LogP contribution in [0.15, 0.2) is 15.4 Å². The van der Waals surface area contributed by atoms with E-state index in [1.165, 1.54) is 13.2 Å². The predicted molar refractivity (Wildman–Crippen MR) is 92.1 cm³/mol. The molecule has 0 aromatic carbocycles. The largest absolute Gasteiger partial charge is 0.463 e. The average molecular weight is 381 g/mol. The van der Waals surface area contributed by atoms with Gasteiger partial charge in [-0.2, -0.15) is 4.31 Å². The van der Waals surface area contributed by atoms with E-state index in [1.807, 2.05) is 6.92 Å². The first-order valence-electron chi connectivity index (χ1n) is 7.83. The van der Waals surface area contributed by atoms with Crippen molar-refractivity contribution >= 4 is 28.4 Å². The Morgan fingerprint density at radius 2 is 2.04 bits per heavy atom. The Bertz CT molecular complexity index is 653. The quantitative estimate of drug-likeness (QED) is 0.759. The summed E-state index contributed by atoms with van der Waals surface area (Å²) < 4.78 is 37.5. The van der Waals surface area contributed by atoms with E-state index < -0.39 is 16.0 Å². The van der Waals surface area contributed by atoms with Crippen LogP contribution in [-0.4, -0.2) is 51.5 Å². The third-order valence-corrected chi connectivity index (χ3v) is 6.06. The van der Waals surface area contributed by atoms with Gasteiger partial charge in [-0.15, -0.1) is 12.4 Å². The van der Waals surface area contributed by atoms with Crippen molar-refractivity contribution in [3.8, 4) is 0 Å². The van der Waals surface area contributed by atoms with Gasteiger partial charge in [0.1, 0.15) is 10.7 Å². The van der Waals surface area contributed by atoms with Gasteiger partial charge in [0.05, 0.1) is 7.11 Å². The van der Waals surface area contributed by atoms with Gasteiger partial charge < -0.3 is 14.5 Å². The molecule has 138 valence electrons. The number of carbonyl (C=O) groups excluding carboxylic acids is 1. The van der Waals surface area contributed by atoms with Crippen molar-refractivity contribution in [2.24, 2.45) is 0 Å². The van der Waals surface area contributed by atoms with E-state index in [9.17, 15) is 13.2 Å². The van der Waals surface area contributed by atoms with Crippen LogP contribution in [0, 0.1) is 6.92 Å². The predicted octanol–water partition coefficient (Wildman–Crippen LogP) is 1.95. The number of furan rings is 1. The summed E-state index contributed by atoms with van der Waals surface area (Å²) in [5, 5.41) is 3.24. The summed E-state index contributed by atoms with van der Waals surface area (Å²) in [6.07, 6.45) is 2.28. The topological polar surface area (TPSA) is 88.9 Å². The molecule has 0 bridgehead atoms. The zero-order valence-corrected chi connectivity index (χ0v) is 15.8. The summed E-state index contributed by atoms with van der Waals surface area (Å²) in [7, 11) is -2.48. The molecular weight excluding hydrogens is 356 g/mol. The molecule has 0 spiro atoms. The third kappa shape index (κ3) is 4.30. The van der Waals surface area contributed by atoms with Crippen molar-refractivity contribution in [2.45, 2.75) is 44.0 Å². The number of nitrogens with zero attached hydrogens (tertiary/aromatic N) is 1. The standard InChI is InChI=1S/C15H24N2O5S.ClH/c1-4-9-17(12-5-7-16-8-6-12)23(19,20)14-10-13(15(18)21-3)22-11(14)2;/h10,12,16H,4-9H2,1-3H3;1H. The molecule has 9 heteroatoms. The van der Waals surface area contributed by atoms with E-state index in [1.54, 1.807) is 11.2 Å². The van der Waals surface area contributed by atoms with E-state index in [2.05, 4.69) is 10.1 Å². The minimum absolute atomic E-state index is 0.